The quantitative estimate of drug-likeness (QED) is 0.518. The molecule has 2 aliphatic rings. The Morgan fingerprint density at radius 2 is 1.65 bits per heavy atom. The van der Waals surface area contributed by atoms with Crippen molar-refractivity contribution in [1.29, 1.82) is 0 Å². The highest BCUT2D eigenvalue weighted by molar-refractivity contribution is 5.71. The van der Waals surface area contributed by atoms with Crippen LogP contribution in [0.4, 0.5) is 38.0 Å². The number of hydrogen-bond donors (Lipinski definition) is 0. The van der Waals surface area contributed by atoms with Crippen molar-refractivity contribution in [2.75, 3.05) is 36.0 Å². The molecule has 182 valence electrons. The van der Waals surface area contributed by atoms with E-state index >= 15 is 0 Å². The highest BCUT2D eigenvalue weighted by Gasteiger charge is 2.42. The van der Waals surface area contributed by atoms with Gasteiger partial charge < -0.3 is 9.80 Å². The van der Waals surface area contributed by atoms with Gasteiger partial charge in [0.15, 0.2) is 11.5 Å². The number of piperidine rings is 1. The van der Waals surface area contributed by atoms with Gasteiger partial charge in [-0.05, 0) is 30.7 Å². The molecule has 3 aromatic rings. The lowest BCUT2D eigenvalue weighted by Crippen LogP contribution is -2.42. The van der Waals surface area contributed by atoms with E-state index in [9.17, 15) is 26.3 Å². The first-order valence-electron chi connectivity index (χ1n) is 10.8. The maximum Gasteiger partial charge on any atom is 0.419 e. The monoisotopic (exact) mass is 485 g/mol. The molecule has 34 heavy (non-hydrogen) atoms. The van der Waals surface area contributed by atoms with Gasteiger partial charge in [0.05, 0.1) is 24.2 Å². The van der Waals surface area contributed by atoms with Gasteiger partial charge in [0.25, 0.3) is 6.43 Å². The SMILES string of the molecule is Fc1cnc(N2CCC3(CCN(c4cnc5cnn(CC(F)F)c5n4)CC3)C2)cc1C(F)(F)F. The maximum atomic E-state index is 13.6. The predicted molar refractivity (Wildman–Crippen MR) is 111 cm³/mol. The van der Waals surface area contributed by atoms with Crippen molar-refractivity contribution >= 4 is 22.8 Å². The predicted octanol–water partition coefficient (Wildman–Crippen LogP) is 4.14. The lowest BCUT2D eigenvalue weighted by atomic mass is 9.78. The molecule has 0 radical (unpaired) electrons. The van der Waals surface area contributed by atoms with Gasteiger partial charge in [-0.15, -0.1) is 0 Å². The average Bonchev–Trinajstić information content (AvgIpc) is 3.38. The zero-order chi connectivity index (χ0) is 24.1. The van der Waals surface area contributed by atoms with Crippen molar-refractivity contribution in [3.63, 3.8) is 0 Å². The molecule has 5 heterocycles. The van der Waals surface area contributed by atoms with Crippen molar-refractivity contribution in [2.24, 2.45) is 5.41 Å². The van der Waals surface area contributed by atoms with E-state index < -0.39 is 30.5 Å². The number of rotatable bonds is 4. The van der Waals surface area contributed by atoms with Gasteiger partial charge in [0, 0.05) is 26.2 Å². The van der Waals surface area contributed by atoms with Crippen LogP contribution in [0.3, 0.4) is 0 Å². The summed E-state index contributed by atoms with van der Waals surface area (Å²) in [6.07, 6.45) is -1.39. The number of pyridine rings is 1. The second-order valence-electron chi connectivity index (χ2n) is 8.83. The van der Waals surface area contributed by atoms with Gasteiger partial charge in [0.2, 0.25) is 0 Å². The molecular formula is C21H21F6N7. The lowest BCUT2D eigenvalue weighted by molar-refractivity contribution is -0.140. The molecule has 0 aromatic carbocycles. The minimum atomic E-state index is -4.78. The summed E-state index contributed by atoms with van der Waals surface area (Å²) in [4.78, 5) is 16.5. The second kappa shape index (κ2) is 8.27. The van der Waals surface area contributed by atoms with Gasteiger partial charge in [-0.25, -0.2) is 32.8 Å². The van der Waals surface area contributed by atoms with Crippen LogP contribution >= 0.6 is 0 Å². The Hall–Kier alpha value is -3.12. The summed E-state index contributed by atoms with van der Waals surface area (Å²) < 4.78 is 79.6. The van der Waals surface area contributed by atoms with Gasteiger partial charge in [-0.1, -0.05) is 0 Å². The van der Waals surface area contributed by atoms with Crippen molar-refractivity contribution in [3.8, 4) is 0 Å². The molecule has 7 nitrogen and oxygen atoms in total. The fourth-order valence-corrected chi connectivity index (χ4v) is 4.82. The molecule has 3 aromatic heterocycles. The summed E-state index contributed by atoms with van der Waals surface area (Å²) in [5.41, 5.74) is -0.671. The summed E-state index contributed by atoms with van der Waals surface area (Å²) in [6, 6.07) is 0.775. The van der Waals surface area contributed by atoms with Gasteiger partial charge in [-0.2, -0.15) is 18.3 Å². The fraction of sp³-hybridized carbons (Fsp3) is 0.524. The summed E-state index contributed by atoms with van der Waals surface area (Å²) in [6.45, 7) is 1.79. The Balaban J connectivity index is 1.28. The third kappa shape index (κ3) is 4.23. The van der Waals surface area contributed by atoms with E-state index in [2.05, 4.69) is 20.1 Å². The Morgan fingerprint density at radius 3 is 2.32 bits per heavy atom. The average molecular weight is 485 g/mol. The Labute approximate surface area is 190 Å². The zero-order valence-electron chi connectivity index (χ0n) is 17.9. The Kier molecular flexibility index (Phi) is 5.52. The number of fused-ring (bicyclic) bond motifs is 1. The van der Waals surface area contributed by atoms with Crippen molar-refractivity contribution in [3.05, 3.63) is 36.0 Å². The van der Waals surface area contributed by atoms with Gasteiger partial charge in [0.1, 0.15) is 23.7 Å². The third-order valence-electron chi connectivity index (χ3n) is 6.70. The molecule has 2 saturated heterocycles. The number of nitrogens with zero attached hydrogens (tertiary/aromatic N) is 7. The number of halogens is 6. The van der Waals surface area contributed by atoms with Crippen LogP contribution in [-0.4, -0.2) is 57.3 Å². The first-order chi connectivity index (χ1) is 16.1. The Morgan fingerprint density at radius 1 is 0.941 bits per heavy atom. The molecule has 0 amide bonds. The van der Waals surface area contributed by atoms with Crippen molar-refractivity contribution in [2.45, 2.75) is 38.4 Å². The van der Waals surface area contributed by atoms with Gasteiger partial charge >= 0.3 is 6.18 Å². The normalized spacial score (nSPS) is 18.6. The van der Waals surface area contributed by atoms with E-state index in [1.54, 1.807) is 11.1 Å². The van der Waals surface area contributed by atoms with E-state index in [1.165, 1.54) is 6.20 Å². The minimum Gasteiger partial charge on any atom is -0.356 e. The molecule has 2 aliphatic heterocycles. The number of anilines is 2. The second-order valence-corrected chi connectivity index (χ2v) is 8.83. The smallest absolute Gasteiger partial charge is 0.356 e. The first kappa shape index (κ1) is 22.7. The standard InChI is InChI=1S/C21H21F6N7/c22-14-8-29-17(7-13(14)21(25,26)27)33-6-3-20(12-33)1-4-32(5-2-20)18-10-28-15-9-30-34(11-16(23)24)19(15)31-18/h7-10,16H,1-6,11-12H2. The van der Waals surface area contributed by atoms with Crippen molar-refractivity contribution in [1.82, 2.24) is 24.7 Å². The largest absolute Gasteiger partial charge is 0.419 e. The molecule has 0 bridgehead atoms. The van der Waals surface area contributed by atoms with E-state index in [-0.39, 0.29) is 11.2 Å². The summed E-state index contributed by atoms with van der Waals surface area (Å²) in [5, 5.41) is 3.93. The molecule has 13 heteroatoms. The van der Waals surface area contributed by atoms with E-state index in [4.69, 9.17) is 0 Å². The number of alkyl halides is 5. The van der Waals surface area contributed by atoms with Crippen LogP contribution in [-0.2, 0) is 12.7 Å². The highest BCUT2D eigenvalue weighted by atomic mass is 19.4. The maximum absolute atomic E-state index is 13.6. The molecule has 0 saturated carbocycles. The van der Waals surface area contributed by atoms with Crippen molar-refractivity contribution < 1.29 is 26.3 Å². The van der Waals surface area contributed by atoms with Crippen LogP contribution in [0.15, 0.2) is 24.7 Å². The minimum absolute atomic E-state index is 0.0973. The topological polar surface area (TPSA) is 63.0 Å². The highest BCUT2D eigenvalue weighted by Crippen LogP contribution is 2.43. The van der Waals surface area contributed by atoms with E-state index in [0.29, 0.717) is 49.4 Å². The summed E-state index contributed by atoms with van der Waals surface area (Å²) in [7, 11) is 0. The van der Waals surface area contributed by atoms with Crippen LogP contribution in [0.1, 0.15) is 24.8 Å². The molecule has 0 unspecified atom stereocenters. The first-order valence-corrected chi connectivity index (χ1v) is 10.8. The van der Waals surface area contributed by atoms with Crippen LogP contribution in [0, 0.1) is 11.2 Å². The number of aromatic nitrogens is 5. The Bertz CT molecular complexity index is 1190. The van der Waals surface area contributed by atoms with E-state index in [1.807, 2.05) is 4.90 Å². The molecule has 1 spiro atoms. The summed E-state index contributed by atoms with van der Waals surface area (Å²) >= 11 is 0. The number of hydrogen-bond acceptors (Lipinski definition) is 6. The fourth-order valence-electron chi connectivity index (χ4n) is 4.82. The zero-order valence-corrected chi connectivity index (χ0v) is 17.9. The summed E-state index contributed by atoms with van der Waals surface area (Å²) in [5.74, 6) is -0.689. The molecule has 0 aliphatic carbocycles. The molecule has 0 atom stereocenters. The third-order valence-corrected chi connectivity index (χ3v) is 6.70. The molecular weight excluding hydrogens is 464 g/mol. The molecule has 2 fully saturated rings. The molecule has 5 rings (SSSR count). The van der Waals surface area contributed by atoms with Crippen LogP contribution in [0.2, 0.25) is 0 Å². The molecule has 0 N–H and O–H groups in total. The van der Waals surface area contributed by atoms with Crippen LogP contribution < -0.4 is 9.80 Å². The van der Waals surface area contributed by atoms with Crippen LogP contribution in [0.25, 0.3) is 11.2 Å². The van der Waals surface area contributed by atoms with Crippen LogP contribution in [0.5, 0.6) is 0 Å². The van der Waals surface area contributed by atoms with Gasteiger partial charge in [-0.3, -0.25) is 0 Å². The van der Waals surface area contributed by atoms with E-state index in [0.717, 1.165) is 30.0 Å². The lowest BCUT2D eigenvalue weighted by Gasteiger charge is -2.39.